The Kier molecular flexibility index (Phi) is 3.43. The molecule has 0 fully saturated rings. The van der Waals surface area contributed by atoms with Gasteiger partial charge in [0.1, 0.15) is 18.1 Å². The van der Waals surface area contributed by atoms with Gasteiger partial charge >= 0.3 is 0 Å². The van der Waals surface area contributed by atoms with Crippen molar-refractivity contribution in [3.8, 4) is 0 Å². The van der Waals surface area contributed by atoms with Crippen molar-refractivity contribution in [3.05, 3.63) is 45.5 Å². The van der Waals surface area contributed by atoms with E-state index < -0.39 is 0 Å². The zero-order valence-electron chi connectivity index (χ0n) is 9.40. The number of furan rings is 1. The number of nitrogens with two attached hydrogens (primary N) is 1. The summed E-state index contributed by atoms with van der Waals surface area (Å²) in [4.78, 5) is 1.15. The number of methoxy groups -OCH3 is 1. The summed E-state index contributed by atoms with van der Waals surface area (Å²) in [7, 11) is 1.64. The van der Waals surface area contributed by atoms with Crippen molar-refractivity contribution in [3.63, 3.8) is 0 Å². The first-order chi connectivity index (χ1) is 7.72. The molecule has 3 nitrogen and oxygen atoms in total. The minimum Gasteiger partial charge on any atom is -0.462 e. The van der Waals surface area contributed by atoms with Crippen LogP contribution in [0.2, 0.25) is 0 Å². The Bertz CT molecular complexity index is 461. The molecule has 0 radical (unpaired) electrons. The summed E-state index contributed by atoms with van der Waals surface area (Å²) in [5, 5.41) is 2.05. The third-order valence-electron chi connectivity index (χ3n) is 2.46. The van der Waals surface area contributed by atoms with E-state index in [1.807, 2.05) is 17.5 Å². The molecule has 2 heterocycles. The van der Waals surface area contributed by atoms with Gasteiger partial charge in [-0.25, -0.2) is 0 Å². The number of rotatable bonds is 4. The topological polar surface area (TPSA) is 48.4 Å². The average molecular weight is 237 g/mol. The normalized spacial score (nSPS) is 12.9. The highest BCUT2D eigenvalue weighted by Gasteiger charge is 2.16. The van der Waals surface area contributed by atoms with Crippen molar-refractivity contribution in [2.75, 3.05) is 7.11 Å². The average Bonchev–Trinajstić information content (AvgIpc) is 2.87. The van der Waals surface area contributed by atoms with Crippen LogP contribution in [0.5, 0.6) is 0 Å². The summed E-state index contributed by atoms with van der Waals surface area (Å²) in [5.74, 6) is 1.60. The lowest BCUT2D eigenvalue weighted by molar-refractivity contribution is 0.162. The van der Waals surface area contributed by atoms with E-state index in [9.17, 15) is 0 Å². The quantitative estimate of drug-likeness (QED) is 0.889. The highest BCUT2D eigenvalue weighted by molar-refractivity contribution is 7.10. The van der Waals surface area contributed by atoms with Crippen LogP contribution in [0.1, 0.15) is 28.0 Å². The lowest BCUT2D eigenvalue weighted by Crippen LogP contribution is -2.10. The molecule has 2 aromatic rings. The van der Waals surface area contributed by atoms with Crippen molar-refractivity contribution in [1.29, 1.82) is 0 Å². The Labute approximate surface area is 98.8 Å². The van der Waals surface area contributed by atoms with Crippen LogP contribution < -0.4 is 5.73 Å². The Morgan fingerprint density at radius 3 is 2.88 bits per heavy atom. The fraction of sp³-hybridized carbons (Fsp3) is 0.333. The fourth-order valence-corrected chi connectivity index (χ4v) is 2.55. The van der Waals surface area contributed by atoms with Gasteiger partial charge in [-0.3, -0.25) is 0 Å². The van der Waals surface area contributed by atoms with Crippen molar-refractivity contribution in [1.82, 2.24) is 0 Å². The second-order valence-corrected chi connectivity index (χ2v) is 4.63. The maximum Gasteiger partial charge on any atom is 0.129 e. The van der Waals surface area contributed by atoms with Gasteiger partial charge < -0.3 is 14.9 Å². The molecule has 2 rings (SSSR count). The predicted molar refractivity (Wildman–Crippen MR) is 64.5 cm³/mol. The van der Waals surface area contributed by atoms with Gasteiger partial charge in [0, 0.05) is 12.0 Å². The van der Waals surface area contributed by atoms with Gasteiger partial charge in [0.2, 0.25) is 0 Å². The summed E-state index contributed by atoms with van der Waals surface area (Å²) in [6.07, 6.45) is 0. The van der Waals surface area contributed by atoms with Crippen molar-refractivity contribution in [2.24, 2.45) is 5.73 Å². The van der Waals surface area contributed by atoms with E-state index in [1.54, 1.807) is 18.4 Å². The molecule has 0 aliphatic carbocycles. The van der Waals surface area contributed by atoms with Gasteiger partial charge in [0.15, 0.2) is 0 Å². The van der Waals surface area contributed by atoms with Gasteiger partial charge in [-0.1, -0.05) is 0 Å². The highest BCUT2D eigenvalue weighted by atomic mass is 32.1. The number of hydrogen-bond donors (Lipinski definition) is 1. The Balaban J connectivity index is 2.20. The monoisotopic (exact) mass is 237 g/mol. The Hall–Kier alpha value is -1.10. The van der Waals surface area contributed by atoms with Crippen LogP contribution in [0, 0.1) is 6.92 Å². The maximum atomic E-state index is 6.15. The molecule has 0 aliphatic heterocycles. The van der Waals surface area contributed by atoms with E-state index in [0.717, 1.165) is 16.4 Å². The number of hydrogen-bond acceptors (Lipinski definition) is 4. The predicted octanol–water partition coefficient (Wildman–Crippen LogP) is 2.84. The standard InChI is InChI=1S/C12H15NO2S/c1-8-5-6-16-12(8)11(13)10-4-3-9(15-10)7-14-2/h3-6,11H,7,13H2,1-2H3. The molecule has 2 aromatic heterocycles. The molecule has 1 atom stereocenters. The molecule has 0 aliphatic rings. The first kappa shape index (κ1) is 11.4. The number of aryl methyl sites for hydroxylation is 1. The van der Waals surface area contributed by atoms with Crippen LogP contribution in [0.3, 0.4) is 0 Å². The SMILES string of the molecule is COCc1ccc(C(N)c2sccc2C)o1. The van der Waals surface area contributed by atoms with Crippen LogP contribution >= 0.6 is 11.3 Å². The molecule has 0 spiro atoms. The summed E-state index contributed by atoms with van der Waals surface area (Å²) < 4.78 is 10.6. The van der Waals surface area contributed by atoms with Crippen LogP contribution in [-0.2, 0) is 11.3 Å². The van der Waals surface area contributed by atoms with Gasteiger partial charge in [0.05, 0.1) is 6.04 Å². The van der Waals surface area contributed by atoms with Gasteiger partial charge in [-0.2, -0.15) is 0 Å². The highest BCUT2D eigenvalue weighted by Crippen LogP contribution is 2.28. The smallest absolute Gasteiger partial charge is 0.129 e. The maximum absolute atomic E-state index is 6.15. The van der Waals surface area contributed by atoms with Crippen LogP contribution in [0.25, 0.3) is 0 Å². The molecule has 4 heteroatoms. The van der Waals surface area contributed by atoms with Gasteiger partial charge in [-0.05, 0) is 36.1 Å². The summed E-state index contributed by atoms with van der Waals surface area (Å²) in [6, 6.07) is 5.71. The summed E-state index contributed by atoms with van der Waals surface area (Å²) in [5.41, 5.74) is 7.36. The lowest BCUT2D eigenvalue weighted by Gasteiger charge is -2.07. The summed E-state index contributed by atoms with van der Waals surface area (Å²) >= 11 is 1.66. The van der Waals surface area contributed by atoms with E-state index in [1.165, 1.54) is 5.56 Å². The molecule has 2 N–H and O–H groups in total. The molecule has 0 saturated heterocycles. The van der Waals surface area contributed by atoms with Gasteiger partial charge in [-0.15, -0.1) is 11.3 Å². The molecule has 0 amide bonds. The van der Waals surface area contributed by atoms with E-state index in [2.05, 4.69) is 13.0 Å². The molecular weight excluding hydrogens is 222 g/mol. The zero-order chi connectivity index (χ0) is 11.5. The molecule has 16 heavy (non-hydrogen) atoms. The zero-order valence-corrected chi connectivity index (χ0v) is 10.2. The second kappa shape index (κ2) is 4.82. The van der Waals surface area contributed by atoms with Crippen molar-refractivity contribution >= 4 is 11.3 Å². The number of ether oxygens (including phenoxy) is 1. The first-order valence-electron chi connectivity index (χ1n) is 5.09. The Morgan fingerprint density at radius 2 is 2.25 bits per heavy atom. The largest absolute Gasteiger partial charge is 0.462 e. The lowest BCUT2D eigenvalue weighted by atomic mass is 10.1. The van der Waals surface area contributed by atoms with E-state index in [4.69, 9.17) is 14.9 Å². The molecule has 0 aromatic carbocycles. The van der Waals surface area contributed by atoms with Gasteiger partial charge in [0.25, 0.3) is 0 Å². The minimum absolute atomic E-state index is 0.175. The fourth-order valence-electron chi connectivity index (χ4n) is 1.61. The third-order valence-corrected chi connectivity index (χ3v) is 3.56. The van der Waals surface area contributed by atoms with Crippen LogP contribution in [0.15, 0.2) is 28.0 Å². The third kappa shape index (κ3) is 2.19. The number of thiophene rings is 1. The molecule has 0 bridgehead atoms. The van der Waals surface area contributed by atoms with Crippen molar-refractivity contribution in [2.45, 2.75) is 19.6 Å². The molecule has 1 unspecified atom stereocenters. The summed E-state index contributed by atoms with van der Waals surface area (Å²) in [6.45, 7) is 2.54. The molecule has 0 saturated carbocycles. The van der Waals surface area contributed by atoms with E-state index in [-0.39, 0.29) is 6.04 Å². The first-order valence-corrected chi connectivity index (χ1v) is 5.97. The van der Waals surface area contributed by atoms with Crippen LogP contribution in [-0.4, -0.2) is 7.11 Å². The molecule has 86 valence electrons. The minimum atomic E-state index is -0.175. The Morgan fingerprint density at radius 1 is 1.44 bits per heavy atom. The van der Waals surface area contributed by atoms with E-state index in [0.29, 0.717) is 6.61 Å². The van der Waals surface area contributed by atoms with Crippen molar-refractivity contribution < 1.29 is 9.15 Å². The van der Waals surface area contributed by atoms with Crippen LogP contribution in [0.4, 0.5) is 0 Å². The molecular formula is C12H15NO2S. The second-order valence-electron chi connectivity index (χ2n) is 3.68. The van der Waals surface area contributed by atoms with E-state index >= 15 is 0 Å².